The van der Waals surface area contributed by atoms with E-state index in [1.54, 1.807) is 0 Å². The lowest BCUT2D eigenvalue weighted by Gasteiger charge is -2.41. The second kappa shape index (κ2) is 10.0. The number of hydrogen-bond donors (Lipinski definition) is 1. The molecule has 0 saturated carbocycles. The molecule has 3 heterocycles. The third-order valence-corrected chi connectivity index (χ3v) is 8.33. The molecule has 184 valence electrons. The van der Waals surface area contributed by atoms with E-state index in [1.807, 2.05) is 54.1 Å². The Balaban J connectivity index is 1.35. The van der Waals surface area contributed by atoms with Crippen LogP contribution in [0.2, 0.25) is 0 Å². The van der Waals surface area contributed by atoms with Gasteiger partial charge in [-0.2, -0.15) is 0 Å². The standard InChI is InChI=1S/C26H31N5O3S/c1-29-22-11-6-5-10-21(22)28-26(29)35-18-24(32)31(14-7-12-23(31)25(27)33)17-20-16-30(13-15-34-20)19-8-3-2-4-9-19/h2-6,8-11,20,23H,7,12-18H2,1H3,(H-,27,33)/p+1/t20?,23-,31?/m0/s1. The van der Waals surface area contributed by atoms with Crippen molar-refractivity contribution < 1.29 is 18.8 Å². The zero-order chi connectivity index (χ0) is 24.4. The quantitative estimate of drug-likeness (QED) is 0.401. The van der Waals surface area contributed by atoms with E-state index in [1.165, 1.54) is 11.8 Å². The molecule has 8 nitrogen and oxygen atoms in total. The lowest BCUT2D eigenvalue weighted by molar-refractivity contribution is -0.859. The number of ether oxygens (including phenoxy) is 1. The Labute approximate surface area is 209 Å². The summed E-state index contributed by atoms with van der Waals surface area (Å²) in [5.74, 6) is -0.154. The van der Waals surface area contributed by atoms with Crippen LogP contribution in [0.5, 0.6) is 0 Å². The lowest BCUT2D eigenvalue weighted by Crippen LogP contribution is -2.65. The number of morpholine rings is 1. The van der Waals surface area contributed by atoms with Crippen molar-refractivity contribution in [2.24, 2.45) is 12.8 Å². The van der Waals surface area contributed by atoms with Gasteiger partial charge in [0.2, 0.25) is 0 Å². The third kappa shape index (κ3) is 4.68. The number of para-hydroxylation sites is 3. The smallest absolute Gasteiger partial charge is 0.324 e. The monoisotopic (exact) mass is 494 g/mol. The number of likely N-dealkylation sites (tertiary alicyclic amines) is 1. The molecule has 5 rings (SSSR count). The number of rotatable bonds is 7. The first kappa shape index (κ1) is 23.8. The summed E-state index contributed by atoms with van der Waals surface area (Å²) in [6.45, 7) is 3.14. The van der Waals surface area contributed by atoms with Gasteiger partial charge in [-0.05, 0) is 24.3 Å². The van der Waals surface area contributed by atoms with Gasteiger partial charge in [0.15, 0.2) is 11.2 Å². The van der Waals surface area contributed by atoms with Crippen molar-refractivity contribution >= 4 is 40.3 Å². The predicted octanol–water partition coefficient (Wildman–Crippen LogP) is 2.56. The van der Waals surface area contributed by atoms with Gasteiger partial charge in [-0.25, -0.2) is 14.3 Å². The van der Waals surface area contributed by atoms with E-state index >= 15 is 0 Å². The van der Waals surface area contributed by atoms with Crippen molar-refractivity contribution in [3.8, 4) is 0 Å². The summed E-state index contributed by atoms with van der Waals surface area (Å²) in [7, 11) is 1.96. The molecule has 2 aliphatic heterocycles. The van der Waals surface area contributed by atoms with Crippen molar-refractivity contribution in [3.63, 3.8) is 0 Å². The Morgan fingerprint density at radius 3 is 2.71 bits per heavy atom. The molecule has 9 heteroatoms. The Morgan fingerprint density at radius 2 is 1.94 bits per heavy atom. The van der Waals surface area contributed by atoms with Crippen LogP contribution in [0.15, 0.2) is 59.8 Å². The number of aromatic nitrogens is 2. The first-order valence-corrected chi connectivity index (χ1v) is 13.1. The fraction of sp³-hybridized carbons (Fsp3) is 0.423. The fourth-order valence-corrected chi connectivity index (χ4v) is 6.51. The molecule has 2 fully saturated rings. The molecule has 0 bridgehead atoms. The Morgan fingerprint density at radius 1 is 1.17 bits per heavy atom. The molecular weight excluding hydrogens is 462 g/mol. The van der Waals surface area contributed by atoms with Gasteiger partial charge in [0.25, 0.3) is 5.91 Å². The van der Waals surface area contributed by atoms with Gasteiger partial charge in [0.05, 0.1) is 24.2 Å². The van der Waals surface area contributed by atoms with E-state index in [0.29, 0.717) is 32.7 Å². The van der Waals surface area contributed by atoms with Crippen LogP contribution in [0.4, 0.5) is 5.69 Å². The number of quaternary nitrogens is 1. The summed E-state index contributed by atoms with van der Waals surface area (Å²) < 4.78 is 8.21. The van der Waals surface area contributed by atoms with E-state index in [0.717, 1.165) is 34.8 Å². The number of anilines is 1. The van der Waals surface area contributed by atoms with Gasteiger partial charge in [-0.15, -0.1) is 0 Å². The summed E-state index contributed by atoms with van der Waals surface area (Å²) in [6, 6.07) is 17.7. The van der Waals surface area contributed by atoms with Gasteiger partial charge in [0.1, 0.15) is 18.4 Å². The Kier molecular flexibility index (Phi) is 6.82. The highest BCUT2D eigenvalue weighted by molar-refractivity contribution is 7.99. The number of amides is 2. The molecule has 2 N–H and O–H groups in total. The summed E-state index contributed by atoms with van der Waals surface area (Å²) >= 11 is 1.42. The molecule has 3 atom stereocenters. The summed E-state index contributed by atoms with van der Waals surface area (Å²) in [5.41, 5.74) is 8.91. The van der Waals surface area contributed by atoms with E-state index in [4.69, 9.17) is 15.5 Å². The van der Waals surface area contributed by atoms with Crippen LogP contribution in [0.3, 0.4) is 0 Å². The van der Waals surface area contributed by atoms with E-state index in [9.17, 15) is 9.59 Å². The molecule has 3 aromatic rings. The molecule has 0 aliphatic carbocycles. The molecule has 2 unspecified atom stereocenters. The van der Waals surface area contributed by atoms with E-state index in [-0.39, 0.29) is 22.2 Å². The lowest BCUT2D eigenvalue weighted by atomic mass is 10.1. The average Bonchev–Trinajstić information content (AvgIpc) is 3.45. The molecular formula is C26H32N5O3S+. The molecule has 0 spiro atoms. The highest BCUT2D eigenvalue weighted by Gasteiger charge is 2.52. The first-order chi connectivity index (χ1) is 17.0. The number of nitrogens with zero attached hydrogens (tertiary/aromatic N) is 4. The van der Waals surface area contributed by atoms with Gasteiger partial charge in [-0.3, -0.25) is 4.79 Å². The van der Waals surface area contributed by atoms with Crippen LogP contribution in [0, 0.1) is 0 Å². The van der Waals surface area contributed by atoms with Crippen molar-refractivity contribution in [2.45, 2.75) is 30.1 Å². The number of benzene rings is 2. The second-order valence-electron chi connectivity index (χ2n) is 9.40. The topological polar surface area (TPSA) is 90.5 Å². The number of imidazole rings is 1. The number of thioether (sulfide) groups is 1. The van der Waals surface area contributed by atoms with Crippen molar-refractivity contribution in [1.82, 2.24) is 9.55 Å². The van der Waals surface area contributed by atoms with Crippen molar-refractivity contribution in [3.05, 3.63) is 54.6 Å². The van der Waals surface area contributed by atoms with Crippen LogP contribution in [-0.2, 0) is 21.4 Å². The number of hydrogen-bond acceptors (Lipinski definition) is 6. The number of primary amides is 1. The van der Waals surface area contributed by atoms with Gasteiger partial charge < -0.3 is 19.9 Å². The predicted molar refractivity (Wildman–Crippen MR) is 137 cm³/mol. The molecule has 2 aromatic carbocycles. The SMILES string of the molecule is Cn1c(SCC(=O)[N+]2(CC3CN(c4ccccc4)CCO3)CCC[C@H]2C(N)=O)nc2ccccc21. The zero-order valence-electron chi connectivity index (χ0n) is 20.0. The van der Waals surface area contributed by atoms with Crippen molar-refractivity contribution in [1.29, 1.82) is 0 Å². The molecule has 2 saturated heterocycles. The molecule has 0 radical (unpaired) electrons. The van der Waals surface area contributed by atoms with E-state index in [2.05, 4.69) is 17.0 Å². The minimum atomic E-state index is -0.515. The number of aryl methyl sites for hydroxylation is 1. The summed E-state index contributed by atoms with van der Waals surface area (Å²) in [5, 5.41) is 0.789. The van der Waals surface area contributed by atoms with Crippen LogP contribution >= 0.6 is 11.8 Å². The summed E-state index contributed by atoms with van der Waals surface area (Å²) in [6.07, 6.45) is 1.27. The molecule has 2 amide bonds. The second-order valence-corrected chi connectivity index (χ2v) is 10.3. The minimum absolute atomic E-state index is 0.0174. The zero-order valence-corrected chi connectivity index (χ0v) is 20.8. The first-order valence-electron chi connectivity index (χ1n) is 12.1. The van der Waals surface area contributed by atoms with E-state index < -0.39 is 11.9 Å². The fourth-order valence-electron chi connectivity index (χ4n) is 5.55. The Hall–Kier alpha value is -2.88. The number of carbonyl (C=O) groups is 2. The number of fused-ring (bicyclic) bond motifs is 1. The maximum Gasteiger partial charge on any atom is 0.324 e. The van der Waals surface area contributed by atoms with Crippen molar-refractivity contribution in [2.75, 3.05) is 43.4 Å². The molecule has 2 aliphatic rings. The maximum atomic E-state index is 13.8. The summed E-state index contributed by atoms with van der Waals surface area (Å²) in [4.78, 5) is 33.3. The largest absolute Gasteiger partial charge is 0.369 e. The highest BCUT2D eigenvalue weighted by atomic mass is 32.2. The van der Waals surface area contributed by atoms with Gasteiger partial charge in [0, 0.05) is 38.7 Å². The minimum Gasteiger partial charge on any atom is -0.369 e. The molecule has 1 aromatic heterocycles. The van der Waals surface area contributed by atoms with Crippen LogP contribution in [-0.4, -0.2) is 76.5 Å². The van der Waals surface area contributed by atoms with Gasteiger partial charge in [-0.1, -0.05) is 42.1 Å². The van der Waals surface area contributed by atoms with Crippen LogP contribution in [0.25, 0.3) is 11.0 Å². The van der Waals surface area contributed by atoms with Gasteiger partial charge >= 0.3 is 5.91 Å². The number of carbonyl (C=O) groups excluding carboxylic acids is 2. The third-order valence-electron chi connectivity index (χ3n) is 7.32. The normalized spacial score (nSPS) is 24.7. The highest BCUT2D eigenvalue weighted by Crippen LogP contribution is 2.32. The molecule has 35 heavy (non-hydrogen) atoms. The maximum absolute atomic E-state index is 13.8. The Bertz CT molecular complexity index is 1220. The number of nitrogens with two attached hydrogens (primary N) is 1. The van der Waals surface area contributed by atoms with Crippen LogP contribution < -0.4 is 10.6 Å². The average molecular weight is 495 g/mol. The van der Waals surface area contributed by atoms with Crippen LogP contribution in [0.1, 0.15) is 12.8 Å².